The fourth-order valence-corrected chi connectivity index (χ4v) is 1.92. The minimum absolute atomic E-state index is 0.872. The van der Waals surface area contributed by atoms with Crippen molar-refractivity contribution in [2.24, 2.45) is 0 Å². The summed E-state index contributed by atoms with van der Waals surface area (Å²) >= 11 is 0. The van der Waals surface area contributed by atoms with Crippen LogP contribution in [0.4, 0.5) is 0 Å². The van der Waals surface area contributed by atoms with Gasteiger partial charge in [0.1, 0.15) is 0 Å². The minimum Gasteiger partial charge on any atom is -0.313 e. The topological polar surface area (TPSA) is 12.0 Å². The third-order valence-corrected chi connectivity index (χ3v) is 3.22. The molecule has 0 spiro atoms. The van der Waals surface area contributed by atoms with Crippen LogP contribution in [0.25, 0.3) is 0 Å². The molecule has 1 nitrogen and oxygen atoms in total. The van der Waals surface area contributed by atoms with Crippen LogP contribution in [0.2, 0.25) is 0 Å². The first-order valence-corrected chi connectivity index (χ1v) is 7.39. The molecule has 0 saturated heterocycles. The van der Waals surface area contributed by atoms with E-state index in [1.165, 1.54) is 49.7 Å². The van der Waals surface area contributed by atoms with Gasteiger partial charge in [-0.15, -0.1) is 6.58 Å². The van der Waals surface area contributed by atoms with Crippen molar-refractivity contribution in [1.82, 2.24) is 5.32 Å². The molecule has 0 aliphatic heterocycles. The lowest BCUT2D eigenvalue weighted by Gasteiger charge is -2.09. The van der Waals surface area contributed by atoms with Gasteiger partial charge in [0.05, 0.1) is 0 Å². The highest BCUT2D eigenvalue weighted by molar-refractivity contribution is 5.24. The van der Waals surface area contributed by atoms with Gasteiger partial charge in [-0.25, -0.2) is 0 Å². The lowest BCUT2D eigenvalue weighted by atomic mass is 9.99. The van der Waals surface area contributed by atoms with E-state index in [4.69, 9.17) is 0 Å². The second-order valence-corrected chi connectivity index (χ2v) is 4.97. The van der Waals surface area contributed by atoms with E-state index in [0.717, 1.165) is 25.9 Å². The Kier molecular flexibility index (Phi) is 12.1. The van der Waals surface area contributed by atoms with Gasteiger partial charge in [-0.3, -0.25) is 0 Å². The first-order chi connectivity index (χ1) is 8.72. The van der Waals surface area contributed by atoms with Crippen LogP contribution in [0, 0.1) is 0 Å². The highest BCUT2D eigenvalue weighted by atomic mass is 14.8. The van der Waals surface area contributed by atoms with Crippen molar-refractivity contribution >= 4 is 0 Å². The number of allylic oxidation sites excluding steroid dienone is 1. The summed E-state index contributed by atoms with van der Waals surface area (Å²) < 4.78 is 0. The van der Waals surface area contributed by atoms with E-state index in [9.17, 15) is 0 Å². The molecule has 0 saturated carbocycles. The van der Waals surface area contributed by atoms with Crippen LogP contribution in [0.1, 0.15) is 58.3 Å². The fourth-order valence-electron chi connectivity index (χ4n) is 1.92. The third-order valence-electron chi connectivity index (χ3n) is 3.22. The fraction of sp³-hybridized carbons (Fsp3) is 0.647. The Morgan fingerprint density at radius 1 is 0.944 bits per heavy atom. The minimum atomic E-state index is 0.872. The third kappa shape index (κ3) is 10.3. The summed E-state index contributed by atoms with van der Waals surface area (Å²) in [6.07, 6.45) is 12.1. The Bertz CT molecular complexity index is 240. The van der Waals surface area contributed by atoms with Crippen LogP contribution in [0.3, 0.4) is 0 Å². The Morgan fingerprint density at radius 2 is 1.56 bits per heavy atom. The van der Waals surface area contributed by atoms with Gasteiger partial charge in [0, 0.05) is 6.54 Å². The molecule has 0 atom stereocenters. The monoisotopic (exact) mass is 249 g/mol. The predicted molar refractivity (Wildman–Crippen MR) is 84.0 cm³/mol. The van der Waals surface area contributed by atoms with E-state index >= 15 is 0 Å². The van der Waals surface area contributed by atoms with Crippen molar-refractivity contribution in [1.29, 1.82) is 0 Å². The lowest BCUT2D eigenvalue weighted by molar-refractivity contribution is 0.606. The summed E-state index contributed by atoms with van der Waals surface area (Å²) in [6, 6.07) is 0. The quantitative estimate of drug-likeness (QED) is 0.275. The average molecular weight is 249 g/mol. The summed E-state index contributed by atoms with van der Waals surface area (Å²) in [5, 5.41) is 3.29. The smallest absolute Gasteiger partial charge is 0.0132 e. The Hall–Kier alpha value is -0.820. The Morgan fingerprint density at radius 3 is 2.22 bits per heavy atom. The van der Waals surface area contributed by atoms with E-state index in [-0.39, 0.29) is 0 Å². The zero-order valence-electron chi connectivity index (χ0n) is 12.3. The van der Waals surface area contributed by atoms with Crippen LogP contribution >= 0.6 is 0 Å². The molecule has 1 N–H and O–H groups in total. The summed E-state index contributed by atoms with van der Waals surface area (Å²) in [4.78, 5) is 0. The van der Waals surface area contributed by atoms with Crippen molar-refractivity contribution in [3.63, 3.8) is 0 Å². The maximum atomic E-state index is 4.14. The normalized spacial score (nSPS) is 10.3. The molecule has 0 rings (SSSR count). The first-order valence-electron chi connectivity index (χ1n) is 7.39. The summed E-state index contributed by atoms with van der Waals surface area (Å²) in [6.45, 7) is 16.0. The average Bonchev–Trinajstić information content (AvgIpc) is 2.38. The molecule has 0 heterocycles. The van der Waals surface area contributed by atoms with E-state index in [2.05, 4.69) is 32.0 Å². The van der Waals surface area contributed by atoms with E-state index < -0.39 is 0 Å². The Balaban J connectivity index is 3.44. The molecule has 0 unspecified atom stereocenters. The van der Waals surface area contributed by atoms with Crippen LogP contribution in [0.5, 0.6) is 0 Å². The van der Waals surface area contributed by atoms with Crippen LogP contribution < -0.4 is 5.32 Å². The summed E-state index contributed by atoms with van der Waals surface area (Å²) in [5.41, 5.74) is 2.45. The maximum Gasteiger partial charge on any atom is 0.0132 e. The van der Waals surface area contributed by atoms with Crippen LogP contribution in [-0.4, -0.2) is 13.1 Å². The molecule has 1 heteroatoms. The second-order valence-electron chi connectivity index (χ2n) is 4.97. The van der Waals surface area contributed by atoms with Gasteiger partial charge < -0.3 is 5.32 Å². The molecule has 0 radical (unpaired) electrons. The van der Waals surface area contributed by atoms with Gasteiger partial charge >= 0.3 is 0 Å². The molecular weight excluding hydrogens is 218 g/mol. The van der Waals surface area contributed by atoms with Gasteiger partial charge in [-0.1, -0.05) is 69.4 Å². The molecule has 0 aliphatic rings. The Labute approximate surface area is 114 Å². The van der Waals surface area contributed by atoms with Crippen molar-refractivity contribution in [2.75, 3.05) is 13.1 Å². The van der Waals surface area contributed by atoms with Crippen molar-refractivity contribution < 1.29 is 0 Å². The molecule has 104 valence electrons. The first kappa shape index (κ1) is 17.2. The van der Waals surface area contributed by atoms with Crippen LogP contribution in [-0.2, 0) is 0 Å². The maximum absolute atomic E-state index is 4.14. The summed E-state index contributed by atoms with van der Waals surface area (Å²) in [7, 11) is 0. The number of rotatable bonds is 13. The number of unbranched alkanes of at least 4 members (excludes halogenated alkanes) is 5. The van der Waals surface area contributed by atoms with Crippen molar-refractivity contribution in [2.45, 2.75) is 58.3 Å². The van der Waals surface area contributed by atoms with Crippen molar-refractivity contribution in [3.05, 3.63) is 37.0 Å². The van der Waals surface area contributed by atoms with Gasteiger partial charge in [0.25, 0.3) is 0 Å². The predicted octanol–water partition coefficient (Wildman–Crippen LogP) is 5.02. The van der Waals surface area contributed by atoms with Gasteiger partial charge in [0.2, 0.25) is 0 Å². The molecule has 0 aliphatic carbocycles. The summed E-state index contributed by atoms with van der Waals surface area (Å²) in [5.74, 6) is 0. The largest absolute Gasteiger partial charge is 0.313 e. The molecule has 0 amide bonds. The standard InChI is InChI=1S/C17H31N/c1-5-7-8-9-10-11-12-16(3)17(4)13-15-18-14-6-2/h6,18H,2-5,7-15H2,1H3. The lowest BCUT2D eigenvalue weighted by Crippen LogP contribution is -2.15. The van der Waals surface area contributed by atoms with Gasteiger partial charge in [-0.2, -0.15) is 0 Å². The number of hydrogen-bond acceptors (Lipinski definition) is 1. The number of nitrogens with one attached hydrogen (secondary N) is 1. The highest BCUT2D eigenvalue weighted by Crippen LogP contribution is 2.17. The molecule has 0 bridgehead atoms. The SMILES string of the molecule is C=CCNCCC(=C)C(=C)CCCCCCCC. The molecule has 18 heavy (non-hydrogen) atoms. The molecule has 0 fully saturated rings. The zero-order valence-corrected chi connectivity index (χ0v) is 12.3. The molecular formula is C17H31N. The van der Waals surface area contributed by atoms with E-state index in [1.807, 2.05) is 6.08 Å². The van der Waals surface area contributed by atoms with E-state index in [0.29, 0.717) is 0 Å². The zero-order chi connectivity index (χ0) is 13.6. The second kappa shape index (κ2) is 12.6. The molecule has 0 aromatic heterocycles. The molecule has 0 aromatic rings. The number of hydrogen-bond donors (Lipinski definition) is 1. The highest BCUT2D eigenvalue weighted by Gasteiger charge is 2.00. The molecule has 0 aromatic carbocycles. The van der Waals surface area contributed by atoms with Gasteiger partial charge in [0.15, 0.2) is 0 Å². The van der Waals surface area contributed by atoms with Gasteiger partial charge in [-0.05, 0) is 25.8 Å². The van der Waals surface area contributed by atoms with Crippen LogP contribution in [0.15, 0.2) is 37.0 Å². The van der Waals surface area contributed by atoms with Crippen molar-refractivity contribution in [3.8, 4) is 0 Å². The van der Waals surface area contributed by atoms with E-state index in [1.54, 1.807) is 0 Å².